The third-order valence-electron chi connectivity index (χ3n) is 4.84. The number of fused-ring (bicyclic) bond motifs is 3. The largest absolute Gasteiger partial charge is 0.325 e. The molecule has 9 heteroatoms. The fraction of sp³-hybridized carbons (Fsp3) is 0.0909. The molecular weight excluding hydrogens is 432 g/mol. The molecular formula is C22H17ClN6OS. The van der Waals surface area contributed by atoms with Gasteiger partial charge < -0.3 is 5.32 Å². The van der Waals surface area contributed by atoms with Gasteiger partial charge in [-0.2, -0.15) is 5.10 Å². The summed E-state index contributed by atoms with van der Waals surface area (Å²) < 4.78 is 3.65. The molecule has 0 saturated heterocycles. The molecule has 2 aromatic carbocycles. The summed E-state index contributed by atoms with van der Waals surface area (Å²) in [7, 11) is 0. The molecule has 154 valence electrons. The Balaban J connectivity index is 1.35. The van der Waals surface area contributed by atoms with Crippen molar-refractivity contribution in [1.82, 2.24) is 24.2 Å². The molecule has 0 aliphatic carbocycles. The van der Waals surface area contributed by atoms with E-state index in [1.807, 2.05) is 72.2 Å². The van der Waals surface area contributed by atoms with Crippen LogP contribution in [0.4, 0.5) is 5.69 Å². The highest BCUT2D eigenvalue weighted by Crippen LogP contribution is 2.25. The number of rotatable bonds is 5. The molecule has 7 nitrogen and oxygen atoms in total. The number of aromatic nitrogens is 5. The third-order valence-corrected chi connectivity index (χ3v) is 6.19. The average molecular weight is 449 g/mol. The van der Waals surface area contributed by atoms with Crippen LogP contribution in [0.25, 0.3) is 22.4 Å². The van der Waals surface area contributed by atoms with Gasteiger partial charge in [0, 0.05) is 28.7 Å². The van der Waals surface area contributed by atoms with Gasteiger partial charge in [-0.1, -0.05) is 59.8 Å². The van der Waals surface area contributed by atoms with Crippen LogP contribution in [0.15, 0.2) is 72.1 Å². The van der Waals surface area contributed by atoms with E-state index in [2.05, 4.69) is 20.6 Å². The predicted octanol–water partition coefficient (Wildman–Crippen LogP) is 4.74. The Morgan fingerprint density at radius 1 is 1.10 bits per heavy atom. The number of benzene rings is 2. The molecule has 0 radical (unpaired) electrons. The Bertz CT molecular complexity index is 1410. The van der Waals surface area contributed by atoms with Crippen molar-refractivity contribution in [1.29, 1.82) is 0 Å². The van der Waals surface area contributed by atoms with Gasteiger partial charge in [-0.15, -0.1) is 10.2 Å². The van der Waals surface area contributed by atoms with Gasteiger partial charge in [0.25, 0.3) is 0 Å². The maximum Gasteiger partial charge on any atom is 0.234 e. The highest BCUT2D eigenvalue weighted by atomic mass is 35.5. The summed E-state index contributed by atoms with van der Waals surface area (Å²) in [6.45, 7) is 1.92. The average Bonchev–Trinajstić information content (AvgIpc) is 3.39. The van der Waals surface area contributed by atoms with Crippen LogP contribution in [0.2, 0.25) is 5.02 Å². The topological polar surface area (TPSA) is 76.6 Å². The first-order valence-electron chi connectivity index (χ1n) is 9.56. The fourth-order valence-electron chi connectivity index (χ4n) is 3.24. The Morgan fingerprint density at radius 3 is 2.74 bits per heavy atom. The van der Waals surface area contributed by atoms with E-state index in [0.29, 0.717) is 21.5 Å². The summed E-state index contributed by atoms with van der Waals surface area (Å²) in [6, 6.07) is 17.4. The zero-order valence-electron chi connectivity index (χ0n) is 16.5. The Hall–Kier alpha value is -3.36. The maximum atomic E-state index is 12.4. The lowest BCUT2D eigenvalue weighted by molar-refractivity contribution is -0.113. The van der Waals surface area contributed by atoms with E-state index < -0.39 is 0 Å². The number of carbonyl (C=O) groups excluding carboxylic acids is 1. The number of halogens is 1. The van der Waals surface area contributed by atoms with Gasteiger partial charge in [-0.3, -0.25) is 9.20 Å². The zero-order chi connectivity index (χ0) is 21.4. The Kier molecular flexibility index (Phi) is 5.09. The van der Waals surface area contributed by atoms with Gasteiger partial charge in [0.1, 0.15) is 5.52 Å². The Labute approximate surface area is 187 Å². The zero-order valence-corrected chi connectivity index (χ0v) is 18.1. The van der Waals surface area contributed by atoms with Gasteiger partial charge in [0.05, 0.1) is 11.4 Å². The van der Waals surface area contributed by atoms with Gasteiger partial charge in [-0.25, -0.2) is 4.52 Å². The van der Waals surface area contributed by atoms with Crippen LogP contribution < -0.4 is 5.32 Å². The lowest BCUT2D eigenvalue weighted by Crippen LogP contribution is -2.14. The molecule has 0 bridgehead atoms. The van der Waals surface area contributed by atoms with Crippen molar-refractivity contribution in [3.05, 3.63) is 77.6 Å². The number of anilines is 1. The fourth-order valence-corrected chi connectivity index (χ4v) is 4.14. The van der Waals surface area contributed by atoms with Crippen LogP contribution in [0.1, 0.15) is 5.56 Å². The van der Waals surface area contributed by atoms with Crippen molar-refractivity contribution in [3.8, 4) is 11.3 Å². The molecule has 0 saturated carbocycles. The molecule has 0 aliphatic heterocycles. The van der Waals surface area contributed by atoms with Gasteiger partial charge in [0.2, 0.25) is 5.91 Å². The highest BCUT2D eigenvalue weighted by Gasteiger charge is 2.14. The monoisotopic (exact) mass is 448 g/mol. The summed E-state index contributed by atoms with van der Waals surface area (Å²) >= 11 is 7.44. The van der Waals surface area contributed by atoms with E-state index in [-0.39, 0.29) is 11.7 Å². The maximum absolute atomic E-state index is 12.4. The lowest BCUT2D eigenvalue weighted by Gasteiger charge is -2.06. The second-order valence-corrected chi connectivity index (χ2v) is 8.35. The van der Waals surface area contributed by atoms with Crippen molar-refractivity contribution in [3.63, 3.8) is 0 Å². The molecule has 1 amide bonds. The SMILES string of the molecule is Cc1ccc(NC(=O)CSc2nnc3c4cc(-c5ccccc5)nn4ccn23)cc1Cl. The first-order valence-corrected chi connectivity index (χ1v) is 10.9. The van der Waals surface area contributed by atoms with Crippen molar-refractivity contribution >= 4 is 46.1 Å². The quantitative estimate of drug-likeness (QED) is 0.393. The number of hydrogen-bond acceptors (Lipinski definition) is 5. The second kappa shape index (κ2) is 8.05. The predicted molar refractivity (Wildman–Crippen MR) is 123 cm³/mol. The van der Waals surface area contributed by atoms with Crippen molar-refractivity contribution < 1.29 is 4.79 Å². The molecule has 3 heterocycles. The molecule has 0 unspecified atom stereocenters. The molecule has 3 aromatic heterocycles. The first kappa shape index (κ1) is 19.6. The third kappa shape index (κ3) is 3.87. The summed E-state index contributed by atoms with van der Waals surface area (Å²) in [5.74, 6) is 0.0601. The minimum atomic E-state index is -0.140. The lowest BCUT2D eigenvalue weighted by atomic mass is 10.1. The van der Waals surface area contributed by atoms with Crippen LogP contribution in [0, 0.1) is 6.92 Å². The van der Waals surface area contributed by atoms with Gasteiger partial charge in [-0.05, 0) is 30.7 Å². The molecule has 1 N–H and O–H groups in total. The molecule has 0 fully saturated rings. The standard InChI is InChI=1S/C22H17ClN6OS/c1-14-7-8-16(11-17(14)23)24-20(30)13-31-22-26-25-21-19-12-18(15-5-3-2-4-6-15)27-29(19)10-9-28(21)22/h2-12H,13H2,1H3,(H,24,30). The van der Waals surface area contributed by atoms with Crippen LogP contribution in [0.5, 0.6) is 0 Å². The normalized spacial score (nSPS) is 11.3. The van der Waals surface area contributed by atoms with Crippen LogP contribution in [-0.4, -0.2) is 35.9 Å². The van der Waals surface area contributed by atoms with E-state index in [9.17, 15) is 4.79 Å². The molecule has 31 heavy (non-hydrogen) atoms. The molecule has 5 rings (SSSR count). The van der Waals surface area contributed by atoms with Crippen LogP contribution in [0.3, 0.4) is 0 Å². The molecule has 0 atom stereocenters. The van der Waals surface area contributed by atoms with E-state index >= 15 is 0 Å². The minimum Gasteiger partial charge on any atom is -0.325 e. The molecule has 0 aliphatic rings. The summed E-state index contributed by atoms with van der Waals surface area (Å²) in [5, 5.41) is 17.3. The highest BCUT2D eigenvalue weighted by molar-refractivity contribution is 7.99. The molecule has 0 spiro atoms. The van der Waals surface area contributed by atoms with E-state index in [0.717, 1.165) is 22.3 Å². The van der Waals surface area contributed by atoms with Crippen molar-refractivity contribution in [2.24, 2.45) is 0 Å². The number of aryl methyl sites for hydroxylation is 1. The van der Waals surface area contributed by atoms with E-state index in [1.165, 1.54) is 11.8 Å². The smallest absolute Gasteiger partial charge is 0.234 e. The van der Waals surface area contributed by atoms with Gasteiger partial charge in [0.15, 0.2) is 10.8 Å². The number of nitrogens with zero attached hydrogens (tertiary/aromatic N) is 5. The first-order chi connectivity index (χ1) is 15.1. The van der Waals surface area contributed by atoms with Crippen LogP contribution in [-0.2, 0) is 4.79 Å². The van der Waals surface area contributed by atoms with Gasteiger partial charge >= 0.3 is 0 Å². The second-order valence-electron chi connectivity index (χ2n) is 7.00. The number of amides is 1. The number of carbonyl (C=O) groups is 1. The summed E-state index contributed by atoms with van der Waals surface area (Å²) in [4.78, 5) is 12.4. The summed E-state index contributed by atoms with van der Waals surface area (Å²) in [5.41, 5.74) is 5.06. The minimum absolute atomic E-state index is 0.140. The Morgan fingerprint density at radius 2 is 1.94 bits per heavy atom. The van der Waals surface area contributed by atoms with E-state index in [1.54, 1.807) is 10.6 Å². The van der Waals surface area contributed by atoms with Crippen molar-refractivity contribution in [2.45, 2.75) is 12.1 Å². The number of hydrogen-bond donors (Lipinski definition) is 1. The molecule has 5 aromatic rings. The van der Waals surface area contributed by atoms with E-state index in [4.69, 9.17) is 11.6 Å². The number of nitrogens with one attached hydrogen (secondary N) is 1. The summed E-state index contributed by atoms with van der Waals surface area (Å²) in [6.07, 6.45) is 3.71. The van der Waals surface area contributed by atoms with Crippen LogP contribution >= 0.6 is 23.4 Å². The van der Waals surface area contributed by atoms with Crippen molar-refractivity contribution in [2.75, 3.05) is 11.1 Å². The number of thioether (sulfide) groups is 1.